The van der Waals surface area contributed by atoms with E-state index in [2.05, 4.69) is 116 Å². The van der Waals surface area contributed by atoms with Gasteiger partial charge in [0.25, 0.3) is 0 Å². The van der Waals surface area contributed by atoms with Gasteiger partial charge >= 0.3 is 0 Å². The molecule has 4 heteroatoms. The van der Waals surface area contributed by atoms with E-state index in [9.17, 15) is 0 Å². The third-order valence-corrected chi connectivity index (χ3v) is 8.89. The van der Waals surface area contributed by atoms with E-state index in [1.54, 1.807) is 0 Å². The Morgan fingerprint density at radius 2 is 0.816 bits per heavy atom. The fourth-order valence-electron chi connectivity index (χ4n) is 5.42. The second kappa shape index (κ2) is 15.8. The van der Waals surface area contributed by atoms with Gasteiger partial charge in [-0.25, -0.2) is 0 Å². The van der Waals surface area contributed by atoms with Crippen LogP contribution in [0.25, 0.3) is 11.1 Å². The first-order valence-electron chi connectivity index (χ1n) is 14.9. The van der Waals surface area contributed by atoms with Gasteiger partial charge in [0.2, 0.25) is 0 Å². The number of nitrogens with zero attached hydrogens (tertiary/aromatic N) is 2. The molecule has 0 saturated heterocycles. The smallest absolute Gasteiger partial charge is 0.137 e. The number of hydrogen-bond donors (Lipinski definition) is 0. The molecule has 4 nitrogen and oxygen atoms in total. The van der Waals surface area contributed by atoms with E-state index in [0.29, 0.717) is 0 Å². The van der Waals surface area contributed by atoms with Crippen molar-refractivity contribution in [1.29, 1.82) is 0 Å². The van der Waals surface area contributed by atoms with Gasteiger partial charge in [-0.05, 0) is 102 Å². The van der Waals surface area contributed by atoms with Crippen LogP contribution in [0.2, 0.25) is 0 Å². The zero-order chi connectivity index (χ0) is 28.0. The molecular weight excluding hydrogens is 468 g/mol. The molecule has 2 rings (SSSR count). The molecule has 0 aliphatic carbocycles. The van der Waals surface area contributed by atoms with Crippen molar-refractivity contribution < 1.29 is 18.4 Å². The Morgan fingerprint density at radius 1 is 0.526 bits per heavy atom. The van der Waals surface area contributed by atoms with E-state index in [1.165, 1.54) is 22.3 Å². The first-order chi connectivity index (χ1) is 18.4. The second-order valence-corrected chi connectivity index (χ2v) is 10.2. The maximum atomic E-state index is 6.13. The molecule has 0 saturated carbocycles. The van der Waals surface area contributed by atoms with Crippen molar-refractivity contribution in [3.8, 4) is 11.5 Å². The molecule has 0 aliphatic heterocycles. The fourth-order valence-corrected chi connectivity index (χ4v) is 5.42. The number of quaternary nitrogens is 2. The monoisotopic (exact) mass is 522 g/mol. The molecule has 0 heterocycles. The predicted molar refractivity (Wildman–Crippen MR) is 165 cm³/mol. The van der Waals surface area contributed by atoms with Crippen molar-refractivity contribution in [3.63, 3.8) is 0 Å². The van der Waals surface area contributed by atoms with Crippen LogP contribution in [0.3, 0.4) is 0 Å². The van der Waals surface area contributed by atoms with E-state index in [-0.39, 0.29) is 0 Å². The zero-order valence-corrected chi connectivity index (χ0v) is 25.6. The van der Waals surface area contributed by atoms with Crippen LogP contribution in [0.5, 0.6) is 11.5 Å². The van der Waals surface area contributed by atoms with Gasteiger partial charge < -0.3 is 18.4 Å². The van der Waals surface area contributed by atoms with Gasteiger partial charge in [0.05, 0.1) is 39.3 Å². The van der Waals surface area contributed by atoms with Gasteiger partial charge in [-0.15, -0.1) is 0 Å². The number of likely N-dealkylation sites (N-methyl/N-ethyl adjacent to an activating group) is 2. The highest BCUT2D eigenvalue weighted by Crippen LogP contribution is 2.33. The molecule has 0 unspecified atom stereocenters. The highest BCUT2D eigenvalue weighted by atomic mass is 16.5. The van der Waals surface area contributed by atoms with Gasteiger partial charge in [-0.1, -0.05) is 36.4 Å². The molecule has 0 spiro atoms. The van der Waals surface area contributed by atoms with Crippen molar-refractivity contribution in [1.82, 2.24) is 0 Å². The van der Waals surface area contributed by atoms with Gasteiger partial charge in [0.1, 0.15) is 37.8 Å². The molecule has 0 aromatic heterocycles. The SMILES string of the molecule is C/C=C(/C(=C/C)c1ccc(OCC[N+](CC)(CC)CC)cc1)c1ccc(OCC[N+](CC)(CC)CC)cc1. The topological polar surface area (TPSA) is 18.5 Å². The summed E-state index contributed by atoms with van der Waals surface area (Å²) < 4.78 is 14.5. The summed E-state index contributed by atoms with van der Waals surface area (Å²) in [4.78, 5) is 0. The lowest BCUT2D eigenvalue weighted by Crippen LogP contribution is -2.49. The van der Waals surface area contributed by atoms with Gasteiger partial charge in [-0.2, -0.15) is 0 Å². The zero-order valence-electron chi connectivity index (χ0n) is 25.6. The van der Waals surface area contributed by atoms with Crippen molar-refractivity contribution >= 4 is 11.1 Å². The molecular formula is C34H54N2O2+2. The Labute approximate surface area is 233 Å². The minimum absolute atomic E-state index is 0.745. The maximum Gasteiger partial charge on any atom is 0.137 e. The van der Waals surface area contributed by atoms with Crippen LogP contribution in [0.1, 0.15) is 66.5 Å². The van der Waals surface area contributed by atoms with Crippen LogP contribution in [-0.2, 0) is 0 Å². The van der Waals surface area contributed by atoms with Gasteiger partial charge in [0.15, 0.2) is 0 Å². The van der Waals surface area contributed by atoms with E-state index >= 15 is 0 Å². The van der Waals surface area contributed by atoms with Crippen molar-refractivity contribution in [2.45, 2.75) is 55.4 Å². The lowest BCUT2D eigenvalue weighted by molar-refractivity contribution is -0.923. The molecule has 210 valence electrons. The van der Waals surface area contributed by atoms with E-state index < -0.39 is 0 Å². The van der Waals surface area contributed by atoms with Crippen molar-refractivity contribution in [2.24, 2.45) is 0 Å². The average molecular weight is 523 g/mol. The normalized spacial score (nSPS) is 13.1. The minimum Gasteiger partial charge on any atom is -0.488 e. The van der Waals surface area contributed by atoms with Crippen LogP contribution < -0.4 is 9.47 Å². The third kappa shape index (κ3) is 8.22. The molecule has 0 bridgehead atoms. The lowest BCUT2D eigenvalue weighted by atomic mass is 9.92. The Balaban J connectivity index is 2.04. The van der Waals surface area contributed by atoms with E-state index in [4.69, 9.17) is 9.47 Å². The Bertz CT molecular complexity index is 898. The molecule has 0 aliphatic rings. The van der Waals surface area contributed by atoms with Crippen molar-refractivity contribution in [2.75, 3.05) is 65.6 Å². The Morgan fingerprint density at radius 3 is 1.05 bits per heavy atom. The van der Waals surface area contributed by atoms with Gasteiger partial charge in [-0.3, -0.25) is 0 Å². The average Bonchev–Trinajstić information content (AvgIpc) is 2.98. The summed E-state index contributed by atoms with van der Waals surface area (Å²) in [6, 6.07) is 17.1. The number of hydrogen-bond acceptors (Lipinski definition) is 2. The molecule has 0 N–H and O–H groups in total. The van der Waals surface area contributed by atoms with Gasteiger partial charge in [0, 0.05) is 0 Å². The number of benzene rings is 2. The number of rotatable bonds is 17. The number of allylic oxidation sites excluding steroid dienone is 4. The molecule has 2 aromatic rings. The molecule has 0 amide bonds. The van der Waals surface area contributed by atoms with E-state index in [0.717, 1.165) is 86.0 Å². The standard InChI is InChI=1S/C34H54N2O2/c1-9-33(29-17-21-31(22-18-29)37-27-25-35(11-3,12-4)13-5)34(10-2)30-19-23-32(24-20-30)38-28-26-36(14-6,15-7)16-8/h9-10,17-24H,11-16,25-28H2,1-8H3/q+2/b33-9+,34-10+. The largest absolute Gasteiger partial charge is 0.488 e. The first kappa shape index (κ1) is 31.7. The van der Waals surface area contributed by atoms with Crippen LogP contribution in [0.4, 0.5) is 0 Å². The lowest BCUT2D eigenvalue weighted by Gasteiger charge is -2.35. The quantitative estimate of drug-likeness (QED) is 0.156. The Hall–Kier alpha value is -2.56. The maximum absolute atomic E-state index is 6.13. The predicted octanol–water partition coefficient (Wildman–Crippen LogP) is 7.70. The summed E-state index contributed by atoms with van der Waals surface area (Å²) in [6.07, 6.45) is 4.39. The highest BCUT2D eigenvalue weighted by molar-refractivity contribution is 6.04. The highest BCUT2D eigenvalue weighted by Gasteiger charge is 2.21. The Kier molecular flexibility index (Phi) is 13.1. The second-order valence-electron chi connectivity index (χ2n) is 10.2. The third-order valence-electron chi connectivity index (χ3n) is 8.89. The molecule has 0 atom stereocenters. The molecule has 2 aromatic carbocycles. The minimum atomic E-state index is 0.745. The molecule has 0 radical (unpaired) electrons. The summed E-state index contributed by atoms with van der Waals surface area (Å²) in [5.74, 6) is 1.87. The van der Waals surface area contributed by atoms with Crippen LogP contribution in [0.15, 0.2) is 60.7 Å². The summed E-state index contributed by atoms with van der Waals surface area (Å²) in [7, 11) is 0. The van der Waals surface area contributed by atoms with E-state index in [1.807, 2.05) is 0 Å². The summed E-state index contributed by atoms with van der Waals surface area (Å²) >= 11 is 0. The van der Waals surface area contributed by atoms with Crippen molar-refractivity contribution in [3.05, 3.63) is 71.8 Å². The summed E-state index contributed by atoms with van der Waals surface area (Å²) in [5, 5.41) is 0. The number of ether oxygens (including phenoxy) is 2. The summed E-state index contributed by atoms with van der Waals surface area (Å²) in [6.45, 7) is 28.3. The molecule has 0 fully saturated rings. The van der Waals surface area contributed by atoms with Crippen LogP contribution in [0, 0.1) is 0 Å². The first-order valence-corrected chi connectivity index (χ1v) is 14.9. The van der Waals surface area contributed by atoms with Crippen LogP contribution >= 0.6 is 0 Å². The fraction of sp³-hybridized carbons (Fsp3) is 0.529. The van der Waals surface area contributed by atoms with Crippen LogP contribution in [-0.4, -0.2) is 74.5 Å². The molecule has 38 heavy (non-hydrogen) atoms. The summed E-state index contributed by atoms with van der Waals surface area (Å²) in [5.41, 5.74) is 4.84.